The zero-order valence-corrected chi connectivity index (χ0v) is 12.1. The summed E-state index contributed by atoms with van der Waals surface area (Å²) in [5.41, 5.74) is 1.43. The molecule has 1 N–H and O–H groups in total. The first-order valence-corrected chi connectivity index (χ1v) is 7.28. The van der Waals surface area contributed by atoms with Gasteiger partial charge < -0.3 is 5.32 Å². The molecule has 0 radical (unpaired) electrons. The number of hydrogen-bond donors (Lipinski definition) is 1. The van der Waals surface area contributed by atoms with Crippen LogP contribution in [0.5, 0.6) is 0 Å². The normalized spacial score (nSPS) is 13.4. The van der Waals surface area contributed by atoms with Crippen LogP contribution < -0.4 is 5.32 Å². The fourth-order valence-corrected chi connectivity index (χ4v) is 2.87. The maximum atomic E-state index is 3.55. The average molecular weight is 290 g/mol. The Kier molecular flexibility index (Phi) is 5.87. The van der Waals surface area contributed by atoms with Gasteiger partial charge in [-0.3, -0.25) is 0 Å². The van der Waals surface area contributed by atoms with E-state index < -0.39 is 0 Å². The van der Waals surface area contributed by atoms with Gasteiger partial charge in [0.25, 0.3) is 0 Å². The van der Waals surface area contributed by atoms with Crippen LogP contribution in [0, 0.1) is 5.92 Å². The van der Waals surface area contributed by atoms with Gasteiger partial charge in [0.05, 0.1) is 3.79 Å². The lowest BCUT2D eigenvalue weighted by atomic mass is 9.99. The maximum absolute atomic E-state index is 3.55. The van der Waals surface area contributed by atoms with E-state index in [-0.39, 0.29) is 0 Å². The molecule has 1 heterocycles. The molecule has 0 spiro atoms. The molecule has 0 saturated carbocycles. The largest absolute Gasteiger partial charge is 0.310 e. The summed E-state index contributed by atoms with van der Waals surface area (Å²) in [6.45, 7) is 7.78. The van der Waals surface area contributed by atoms with Gasteiger partial charge in [0.15, 0.2) is 0 Å². The Morgan fingerprint density at radius 2 is 2.13 bits per heavy atom. The van der Waals surface area contributed by atoms with Crippen LogP contribution in [0.4, 0.5) is 0 Å². The van der Waals surface area contributed by atoms with Crippen LogP contribution in [0.15, 0.2) is 15.2 Å². The van der Waals surface area contributed by atoms with Crippen molar-refractivity contribution < 1.29 is 0 Å². The van der Waals surface area contributed by atoms with Crippen LogP contribution >= 0.6 is 27.3 Å². The monoisotopic (exact) mass is 289 g/mol. The van der Waals surface area contributed by atoms with Crippen molar-refractivity contribution in [2.24, 2.45) is 5.92 Å². The Balaban J connectivity index is 2.57. The van der Waals surface area contributed by atoms with Gasteiger partial charge >= 0.3 is 0 Å². The zero-order chi connectivity index (χ0) is 11.3. The number of thiophene rings is 1. The Bertz CT molecular complexity index is 283. The summed E-state index contributed by atoms with van der Waals surface area (Å²) in [5, 5.41) is 5.80. The molecule has 0 amide bonds. The molecule has 0 bridgehead atoms. The third kappa shape index (κ3) is 4.66. The lowest BCUT2D eigenvalue weighted by molar-refractivity contribution is 0.449. The van der Waals surface area contributed by atoms with Gasteiger partial charge in [-0.1, -0.05) is 20.8 Å². The summed E-state index contributed by atoms with van der Waals surface area (Å²) >= 11 is 5.29. The predicted molar refractivity (Wildman–Crippen MR) is 72.5 cm³/mol. The first kappa shape index (κ1) is 13.2. The topological polar surface area (TPSA) is 12.0 Å². The van der Waals surface area contributed by atoms with Crippen molar-refractivity contribution >= 4 is 27.3 Å². The number of hydrogen-bond acceptors (Lipinski definition) is 2. The molecular weight excluding hydrogens is 270 g/mol. The lowest BCUT2D eigenvalue weighted by Crippen LogP contribution is -2.20. The van der Waals surface area contributed by atoms with Gasteiger partial charge in [0.2, 0.25) is 0 Å². The van der Waals surface area contributed by atoms with Crippen molar-refractivity contribution in [3.63, 3.8) is 0 Å². The number of halogens is 1. The highest BCUT2D eigenvalue weighted by molar-refractivity contribution is 9.11. The van der Waals surface area contributed by atoms with E-state index in [1.54, 1.807) is 11.3 Å². The number of rotatable bonds is 6. The van der Waals surface area contributed by atoms with Crippen molar-refractivity contribution in [3.8, 4) is 0 Å². The van der Waals surface area contributed by atoms with Gasteiger partial charge in [-0.25, -0.2) is 0 Å². The summed E-state index contributed by atoms with van der Waals surface area (Å²) in [5.74, 6) is 0.785. The highest BCUT2D eigenvalue weighted by atomic mass is 79.9. The summed E-state index contributed by atoms with van der Waals surface area (Å²) in [4.78, 5) is 0. The summed E-state index contributed by atoms with van der Waals surface area (Å²) in [7, 11) is 0. The van der Waals surface area contributed by atoms with Crippen molar-refractivity contribution in [2.75, 3.05) is 6.54 Å². The minimum Gasteiger partial charge on any atom is -0.310 e. The van der Waals surface area contributed by atoms with Gasteiger partial charge in [0, 0.05) is 6.04 Å². The summed E-state index contributed by atoms with van der Waals surface area (Å²) < 4.78 is 1.23. The van der Waals surface area contributed by atoms with E-state index in [4.69, 9.17) is 0 Å². The quantitative estimate of drug-likeness (QED) is 0.807. The van der Waals surface area contributed by atoms with E-state index in [0.29, 0.717) is 6.04 Å². The minimum absolute atomic E-state index is 0.528. The molecule has 1 unspecified atom stereocenters. The number of nitrogens with one attached hydrogen (secondary N) is 1. The molecule has 0 aromatic carbocycles. The van der Waals surface area contributed by atoms with Crippen LogP contribution in [-0.4, -0.2) is 6.54 Å². The lowest BCUT2D eigenvalue weighted by Gasteiger charge is -2.17. The van der Waals surface area contributed by atoms with E-state index in [1.807, 2.05) is 0 Å². The van der Waals surface area contributed by atoms with E-state index in [9.17, 15) is 0 Å². The second-order valence-corrected chi connectivity index (χ2v) is 6.56. The molecule has 1 rings (SSSR count). The molecule has 0 saturated heterocycles. The summed E-state index contributed by atoms with van der Waals surface area (Å²) in [6.07, 6.45) is 2.51. The van der Waals surface area contributed by atoms with Gasteiger partial charge in [-0.05, 0) is 58.2 Å². The van der Waals surface area contributed by atoms with Crippen molar-refractivity contribution in [3.05, 3.63) is 20.8 Å². The molecule has 1 aromatic rings. The molecule has 86 valence electrons. The predicted octanol–water partition coefficient (Wildman–Crippen LogP) is 4.60. The smallest absolute Gasteiger partial charge is 0.0701 e. The molecule has 15 heavy (non-hydrogen) atoms. The van der Waals surface area contributed by atoms with Crippen molar-refractivity contribution in [2.45, 2.75) is 39.7 Å². The molecule has 0 aliphatic heterocycles. The van der Waals surface area contributed by atoms with Gasteiger partial charge in [-0.2, -0.15) is 0 Å². The highest BCUT2D eigenvalue weighted by Crippen LogP contribution is 2.28. The van der Waals surface area contributed by atoms with E-state index >= 15 is 0 Å². The molecule has 0 aliphatic carbocycles. The standard InChI is InChI=1S/C12H20BrNS/c1-4-14-11(6-5-9(2)3)10-7-12(13)15-8-10/h7-9,11,14H,4-6H2,1-3H3. The van der Waals surface area contributed by atoms with E-state index in [0.717, 1.165) is 12.5 Å². The molecule has 1 nitrogen and oxygen atoms in total. The molecule has 3 heteroatoms. The molecular formula is C12H20BrNS. The minimum atomic E-state index is 0.528. The van der Waals surface area contributed by atoms with Crippen LogP contribution in [0.1, 0.15) is 45.2 Å². The van der Waals surface area contributed by atoms with Crippen LogP contribution in [-0.2, 0) is 0 Å². The first-order chi connectivity index (χ1) is 7.13. The second kappa shape index (κ2) is 6.66. The van der Waals surface area contributed by atoms with Crippen molar-refractivity contribution in [1.82, 2.24) is 5.32 Å². The molecule has 0 aliphatic rings. The fraction of sp³-hybridized carbons (Fsp3) is 0.667. The third-order valence-corrected chi connectivity index (χ3v) is 4.00. The van der Waals surface area contributed by atoms with Crippen molar-refractivity contribution in [1.29, 1.82) is 0 Å². The highest BCUT2D eigenvalue weighted by Gasteiger charge is 2.12. The average Bonchev–Trinajstić information content (AvgIpc) is 2.59. The van der Waals surface area contributed by atoms with E-state index in [2.05, 4.69) is 53.5 Å². The van der Waals surface area contributed by atoms with Crippen LogP contribution in [0.3, 0.4) is 0 Å². The Hall–Kier alpha value is 0.140. The first-order valence-electron chi connectivity index (χ1n) is 5.60. The maximum Gasteiger partial charge on any atom is 0.0701 e. The van der Waals surface area contributed by atoms with Crippen LogP contribution in [0.2, 0.25) is 0 Å². The summed E-state index contributed by atoms with van der Waals surface area (Å²) in [6, 6.07) is 2.76. The molecule has 0 fully saturated rings. The van der Waals surface area contributed by atoms with Crippen LogP contribution in [0.25, 0.3) is 0 Å². The molecule has 1 aromatic heterocycles. The SMILES string of the molecule is CCNC(CCC(C)C)c1csc(Br)c1. The molecule has 1 atom stereocenters. The Morgan fingerprint density at radius 1 is 1.40 bits per heavy atom. The van der Waals surface area contributed by atoms with E-state index in [1.165, 1.54) is 22.2 Å². The third-order valence-electron chi connectivity index (χ3n) is 2.47. The Morgan fingerprint density at radius 3 is 2.60 bits per heavy atom. The van der Waals surface area contributed by atoms with Gasteiger partial charge in [0.1, 0.15) is 0 Å². The van der Waals surface area contributed by atoms with Gasteiger partial charge in [-0.15, -0.1) is 11.3 Å². The fourth-order valence-electron chi connectivity index (χ4n) is 1.64. The second-order valence-electron chi connectivity index (χ2n) is 4.27. The zero-order valence-electron chi connectivity index (χ0n) is 9.72. The Labute approximate surface area is 105 Å².